The summed E-state index contributed by atoms with van der Waals surface area (Å²) in [5.74, 6) is -0.00983. The number of oxazole rings is 1. The third-order valence-corrected chi connectivity index (χ3v) is 7.53. The van der Waals surface area contributed by atoms with Crippen LogP contribution in [-0.4, -0.2) is 38.6 Å². The van der Waals surface area contributed by atoms with E-state index in [9.17, 15) is 14.7 Å². The Labute approximate surface area is 214 Å². The van der Waals surface area contributed by atoms with E-state index in [0.29, 0.717) is 30.2 Å². The Kier molecular flexibility index (Phi) is 5.93. The van der Waals surface area contributed by atoms with Gasteiger partial charge in [0, 0.05) is 44.0 Å². The van der Waals surface area contributed by atoms with Crippen molar-refractivity contribution in [1.29, 1.82) is 0 Å². The summed E-state index contributed by atoms with van der Waals surface area (Å²) in [5, 5.41) is 11.2. The highest BCUT2D eigenvalue weighted by molar-refractivity contribution is 5.94. The first-order chi connectivity index (χ1) is 17.9. The van der Waals surface area contributed by atoms with Gasteiger partial charge in [0.15, 0.2) is 5.58 Å². The first kappa shape index (κ1) is 23.6. The summed E-state index contributed by atoms with van der Waals surface area (Å²) in [7, 11) is 1.69. The minimum absolute atomic E-state index is 0.272. The van der Waals surface area contributed by atoms with Crippen molar-refractivity contribution < 1.29 is 19.1 Å². The molecule has 8 nitrogen and oxygen atoms in total. The standard InChI is InChI=1S/C29H29N3O5/c1-17-21(7-8-22-23(17)16-36-28(22)34)26(33)15-32(13-18-3-4-18)14-19-5-9-24(30-12-19)20-6-10-27-25(11-20)31(2)29(35)37-27/h5-12,18,26,33H,3-4,13-16H2,1-2H3. The predicted octanol–water partition coefficient (Wildman–Crippen LogP) is 4.12. The second kappa shape index (κ2) is 9.28. The van der Waals surface area contributed by atoms with Crippen molar-refractivity contribution >= 4 is 17.1 Å². The van der Waals surface area contributed by atoms with Gasteiger partial charge in [0.2, 0.25) is 0 Å². The maximum absolute atomic E-state index is 11.9. The van der Waals surface area contributed by atoms with Gasteiger partial charge in [-0.05, 0) is 72.7 Å². The molecule has 1 aliphatic carbocycles. The lowest BCUT2D eigenvalue weighted by molar-refractivity contribution is 0.0535. The third kappa shape index (κ3) is 4.58. The zero-order chi connectivity index (χ0) is 25.7. The summed E-state index contributed by atoms with van der Waals surface area (Å²) >= 11 is 0. The molecule has 0 amide bonds. The smallest absolute Gasteiger partial charge is 0.419 e. The van der Waals surface area contributed by atoms with Crippen LogP contribution in [0.15, 0.2) is 57.9 Å². The maximum atomic E-state index is 11.9. The van der Waals surface area contributed by atoms with E-state index in [1.807, 2.05) is 37.4 Å². The highest BCUT2D eigenvalue weighted by atomic mass is 16.5. The van der Waals surface area contributed by atoms with Crippen LogP contribution < -0.4 is 5.76 Å². The van der Waals surface area contributed by atoms with Crippen molar-refractivity contribution in [3.8, 4) is 11.3 Å². The lowest BCUT2D eigenvalue weighted by Gasteiger charge is -2.26. The van der Waals surface area contributed by atoms with E-state index in [2.05, 4.69) is 16.0 Å². The number of hydrogen-bond acceptors (Lipinski definition) is 7. The lowest BCUT2D eigenvalue weighted by atomic mass is 9.95. The number of hydrogen-bond donors (Lipinski definition) is 1. The molecule has 4 aromatic rings. The molecule has 0 saturated heterocycles. The van der Waals surface area contributed by atoms with E-state index in [4.69, 9.17) is 9.15 Å². The number of aliphatic hydroxyl groups excluding tert-OH is 1. The molecule has 0 bridgehead atoms. The summed E-state index contributed by atoms with van der Waals surface area (Å²) in [6, 6.07) is 13.3. The first-order valence-electron chi connectivity index (χ1n) is 12.6. The molecule has 0 radical (unpaired) electrons. The highest BCUT2D eigenvalue weighted by Crippen LogP contribution is 2.33. The molecule has 2 aromatic heterocycles. The SMILES string of the molecule is Cc1c(C(O)CN(Cc2ccc(-c3ccc4oc(=O)n(C)c4c3)nc2)CC2CC2)ccc2c1COC2=O. The average molecular weight is 500 g/mol. The molecule has 37 heavy (non-hydrogen) atoms. The normalized spacial score (nSPS) is 15.8. The number of ether oxygens (including phenoxy) is 1. The number of rotatable bonds is 8. The van der Waals surface area contributed by atoms with E-state index in [1.54, 1.807) is 19.2 Å². The molecule has 1 unspecified atom stereocenters. The van der Waals surface area contributed by atoms with Gasteiger partial charge in [-0.1, -0.05) is 12.1 Å². The Morgan fingerprint density at radius 2 is 2.00 bits per heavy atom. The second-order valence-corrected chi connectivity index (χ2v) is 10.2. The van der Waals surface area contributed by atoms with Crippen LogP contribution in [0.5, 0.6) is 0 Å². The van der Waals surface area contributed by atoms with Crippen LogP contribution in [-0.2, 0) is 24.9 Å². The Balaban J connectivity index is 1.19. The number of nitrogens with zero attached hydrogens (tertiary/aromatic N) is 3. The lowest BCUT2D eigenvalue weighted by Crippen LogP contribution is -2.30. The number of aromatic nitrogens is 2. The molecule has 1 aliphatic heterocycles. The van der Waals surface area contributed by atoms with Crippen LogP contribution in [0, 0.1) is 12.8 Å². The van der Waals surface area contributed by atoms with Gasteiger partial charge in [0.1, 0.15) is 6.61 Å². The number of pyridine rings is 1. The number of carbonyl (C=O) groups excluding carboxylic acids is 1. The molecule has 0 spiro atoms. The van der Waals surface area contributed by atoms with E-state index >= 15 is 0 Å². The Bertz CT molecular complexity index is 1550. The molecule has 6 rings (SSSR count). The largest absolute Gasteiger partial charge is 0.457 e. The summed E-state index contributed by atoms with van der Waals surface area (Å²) < 4.78 is 11.9. The van der Waals surface area contributed by atoms with Crippen molar-refractivity contribution in [2.24, 2.45) is 13.0 Å². The average Bonchev–Trinajstić information content (AvgIpc) is 3.56. The molecule has 8 heteroatoms. The fourth-order valence-corrected chi connectivity index (χ4v) is 5.17. The Morgan fingerprint density at radius 3 is 2.76 bits per heavy atom. The van der Waals surface area contributed by atoms with Crippen molar-refractivity contribution in [2.45, 2.75) is 39.0 Å². The van der Waals surface area contributed by atoms with Gasteiger partial charge >= 0.3 is 11.7 Å². The van der Waals surface area contributed by atoms with E-state index < -0.39 is 6.10 Å². The number of aryl methyl sites for hydroxylation is 1. The van der Waals surface area contributed by atoms with Gasteiger partial charge in [-0.3, -0.25) is 14.5 Å². The number of carbonyl (C=O) groups is 1. The van der Waals surface area contributed by atoms with Crippen molar-refractivity contribution in [1.82, 2.24) is 14.5 Å². The van der Waals surface area contributed by atoms with Crippen molar-refractivity contribution in [3.05, 3.63) is 87.0 Å². The zero-order valence-corrected chi connectivity index (χ0v) is 20.9. The van der Waals surface area contributed by atoms with E-state index in [-0.39, 0.29) is 18.3 Å². The molecule has 3 heterocycles. The van der Waals surface area contributed by atoms with Gasteiger partial charge in [-0.25, -0.2) is 9.59 Å². The molecule has 1 N–H and O–H groups in total. The number of esters is 1. The minimum atomic E-state index is -0.666. The monoisotopic (exact) mass is 499 g/mol. The molecule has 1 fully saturated rings. The van der Waals surface area contributed by atoms with Crippen LogP contribution in [0.25, 0.3) is 22.4 Å². The fraction of sp³-hybridized carbons (Fsp3) is 0.345. The van der Waals surface area contributed by atoms with Crippen molar-refractivity contribution in [3.63, 3.8) is 0 Å². The van der Waals surface area contributed by atoms with Gasteiger partial charge < -0.3 is 14.3 Å². The van der Waals surface area contributed by atoms with E-state index in [0.717, 1.165) is 45.6 Å². The van der Waals surface area contributed by atoms with Crippen LogP contribution in [0.3, 0.4) is 0 Å². The fourth-order valence-electron chi connectivity index (χ4n) is 5.17. The number of fused-ring (bicyclic) bond motifs is 2. The summed E-state index contributed by atoms with van der Waals surface area (Å²) in [6.07, 6.45) is 3.66. The van der Waals surface area contributed by atoms with Gasteiger partial charge in [0.05, 0.1) is 22.9 Å². The molecule has 2 aromatic carbocycles. The number of cyclic esters (lactones) is 1. The Morgan fingerprint density at radius 1 is 1.16 bits per heavy atom. The van der Waals surface area contributed by atoms with Crippen molar-refractivity contribution in [2.75, 3.05) is 13.1 Å². The van der Waals surface area contributed by atoms with Crippen LogP contribution >= 0.6 is 0 Å². The summed E-state index contributed by atoms with van der Waals surface area (Å²) in [6.45, 7) is 4.33. The van der Waals surface area contributed by atoms with Crippen LogP contribution in [0.1, 0.15) is 51.6 Å². The zero-order valence-electron chi connectivity index (χ0n) is 20.9. The first-order valence-corrected chi connectivity index (χ1v) is 12.6. The second-order valence-electron chi connectivity index (χ2n) is 10.2. The molecule has 190 valence electrons. The topological polar surface area (TPSA) is 97.8 Å². The van der Waals surface area contributed by atoms with Gasteiger partial charge in [-0.2, -0.15) is 0 Å². The number of benzene rings is 2. The molecular weight excluding hydrogens is 470 g/mol. The maximum Gasteiger partial charge on any atom is 0.419 e. The third-order valence-electron chi connectivity index (χ3n) is 7.53. The summed E-state index contributed by atoms with van der Waals surface area (Å²) in [4.78, 5) is 30.7. The van der Waals surface area contributed by atoms with Gasteiger partial charge in [-0.15, -0.1) is 0 Å². The minimum Gasteiger partial charge on any atom is -0.457 e. The molecular formula is C29H29N3O5. The Hall–Kier alpha value is -3.75. The predicted molar refractivity (Wildman–Crippen MR) is 138 cm³/mol. The quantitative estimate of drug-likeness (QED) is 0.364. The number of aliphatic hydroxyl groups is 1. The summed E-state index contributed by atoms with van der Waals surface area (Å²) in [5.41, 5.74) is 7.34. The highest BCUT2D eigenvalue weighted by Gasteiger charge is 2.28. The molecule has 2 aliphatic rings. The van der Waals surface area contributed by atoms with Crippen LogP contribution in [0.2, 0.25) is 0 Å². The van der Waals surface area contributed by atoms with E-state index in [1.165, 1.54) is 17.4 Å². The molecule has 1 saturated carbocycles. The van der Waals surface area contributed by atoms with Gasteiger partial charge in [0.25, 0.3) is 0 Å². The van der Waals surface area contributed by atoms with Crippen LogP contribution in [0.4, 0.5) is 0 Å². The molecule has 1 atom stereocenters.